The number of ether oxygens (including phenoxy) is 2. The second-order valence-corrected chi connectivity index (χ2v) is 7.43. The van der Waals surface area contributed by atoms with Gasteiger partial charge in [0.1, 0.15) is 12.4 Å². The molecule has 1 N–H and O–H groups in total. The number of halogens is 1. The van der Waals surface area contributed by atoms with Crippen molar-refractivity contribution in [2.75, 3.05) is 12.5 Å². The first-order valence-electron chi connectivity index (χ1n) is 9.57. The lowest BCUT2D eigenvalue weighted by Gasteiger charge is -2.13. The Morgan fingerprint density at radius 3 is 2.61 bits per heavy atom. The van der Waals surface area contributed by atoms with E-state index in [1.54, 1.807) is 25.5 Å². The van der Waals surface area contributed by atoms with Crippen LogP contribution in [-0.4, -0.2) is 18.3 Å². The summed E-state index contributed by atoms with van der Waals surface area (Å²) in [5.41, 5.74) is 6.51. The van der Waals surface area contributed by atoms with Gasteiger partial charge in [0, 0.05) is 16.5 Å². The Labute approximate surface area is 183 Å². The molecule has 0 bridgehead atoms. The predicted octanol–water partition coefficient (Wildman–Crippen LogP) is 5.98. The summed E-state index contributed by atoms with van der Waals surface area (Å²) in [5, 5.41) is 6.98. The Bertz CT molecular complexity index is 1160. The van der Waals surface area contributed by atoms with Crippen LogP contribution >= 0.6 is 11.3 Å². The zero-order valence-electron chi connectivity index (χ0n) is 16.8. The van der Waals surface area contributed by atoms with Gasteiger partial charge in [0.25, 0.3) is 0 Å². The number of thiazole rings is 1. The van der Waals surface area contributed by atoms with E-state index < -0.39 is 0 Å². The second-order valence-electron chi connectivity index (χ2n) is 6.57. The molecule has 0 aliphatic carbocycles. The van der Waals surface area contributed by atoms with Crippen LogP contribution in [0, 0.1) is 5.82 Å². The summed E-state index contributed by atoms with van der Waals surface area (Å²) in [4.78, 5) is 4.56. The van der Waals surface area contributed by atoms with E-state index in [0.29, 0.717) is 16.6 Å². The van der Waals surface area contributed by atoms with Gasteiger partial charge in [-0.2, -0.15) is 5.10 Å². The molecule has 0 radical (unpaired) electrons. The Morgan fingerprint density at radius 1 is 1.03 bits per heavy atom. The summed E-state index contributed by atoms with van der Waals surface area (Å²) in [6.45, 7) is 0.280. The largest absolute Gasteiger partial charge is 0.493 e. The molecule has 0 atom stereocenters. The molecule has 31 heavy (non-hydrogen) atoms. The number of benzene rings is 3. The zero-order valence-corrected chi connectivity index (χ0v) is 17.6. The quantitative estimate of drug-likeness (QED) is 0.274. The SMILES string of the molecule is COc1cccc(C=NNc2nc(-c3ccccc3)cs2)c1OCc1ccc(F)cc1. The number of rotatable bonds is 8. The molecular weight excluding hydrogens is 413 g/mol. The number of hydrogen-bond donors (Lipinski definition) is 1. The molecule has 4 rings (SSSR count). The average molecular weight is 434 g/mol. The molecular formula is C24H20FN3O2S. The monoisotopic (exact) mass is 433 g/mol. The number of anilines is 1. The second kappa shape index (κ2) is 9.86. The summed E-state index contributed by atoms with van der Waals surface area (Å²) in [5.74, 6) is 0.869. The van der Waals surface area contributed by atoms with Crippen LogP contribution < -0.4 is 14.9 Å². The van der Waals surface area contributed by atoms with E-state index in [9.17, 15) is 4.39 Å². The summed E-state index contributed by atoms with van der Waals surface area (Å²) in [6, 6.07) is 21.7. The maximum atomic E-state index is 13.1. The molecule has 156 valence electrons. The minimum Gasteiger partial charge on any atom is -0.493 e. The lowest BCUT2D eigenvalue weighted by molar-refractivity contribution is 0.284. The van der Waals surface area contributed by atoms with E-state index >= 15 is 0 Å². The first kappa shape index (κ1) is 20.6. The minimum atomic E-state index is -0.280. The zero-order chi connectivity index (χ0) is 21.5. The fraction of sp³-hybridized carbons (Fsp3) is 0.0833. The van der Waals surface area contributed by atoms with Gasteiger partial charge < -0.3 is 9.47 Å². The number of hydrazone groups is 1. The average Bonchev–Trinajstić information content (AvgIpc) is 3.28. The number of nitrogens with zero attached hydrogens (tertiary/aromatic N) is 2. The van der Waals surface area contributed by atoms with E-state index in [1.807, 2.05) is 53.9 Å². The summed E-state index contributed by atoms with van der Waals surface area (Å²) in [7, 11) is 1.58. The van der Waals surface area contributed by atoms with Gasteiger partial charge in [0.15, 0.2) is 11.5 Å². The van der Waals surface area contributed by atoms with Crippen LogP contribution in [0.3, 0.4) is 0 Å². The minimum absolute atomic E-state index is 0.280. The van der Waals surface area contributed by atoms with Gasteiger partial charge in [-0.15, -0.1) is 11.3 Å². The molecule has 0 aliphatic heterocycles. The van der Waals surface area contributed by atoms with Crippen molar-refractivity contribution in [1.29, 1.82) is 0 Å². The normalized spacial score (nSPS) is 10.9. The molecule has 5 nitrogen and oxygen atoms in total. The van der Waals surface area contributed by atoms with Gasteiger partial charge in [-0.3, -0.25) is 5.43 Å². The van der Waals surface area contributed by atoms with Crippen LogP contribution in [0.4, 0.5) is 9.52 Å². The number of hydrogen-bond acceptors (Lipinski definition) is 6. The highest BCUT2D eigenvalue weighted by Gasteiger charge is 2.10. The molecule has 0 spiro atoms. The number of para-hydroxylation sites is 1. The van der Waals surface area contributed by atoms with Gasteiger partial charge in [0.05, 0.1) is 19.0 Å². The molecule has 3 aromatic carbocycles. The van der Waals surface area contributed by atoms with E-state index in [2.05, 4.69) is 15.5 Å². The summed E-state index contributed by atoms with van der Waals surface area (Å²) >= 11 is 1.48. The van der Waals surface area contributed by atoms with Crippen molar-refractivity contribution in [3.63, 3.8) is 0 Å². The fourth-order valence-corrected chi connectivity index (χ4v) is 3.58. The van der Waals surface area contributed by atoms with Crippen LogP contribution in [0.15, 0.2) is 83.3 Å². The van der Waals surface area contributed by atoms with Crippen LogP contribution in [0.1, 0.15) is 11.1 Å². The number of nitrogens with one attached hydrogen (secondary N) is 1. The van der Waals surface area contributed by atoms with Crippen molar-refractivity contribution >= 4 is 22.7 Å². The van der Waals surface area contributed by atoms with E-state index in [-0.39, 0.29) is 12.4 Å². The van der Waals surface area contributed by atoms with Crippen LogP contribution in [0.25, 0.3) is 11.3 Å². The molecule has 1 aromatic heterocycles. The third-order valence-electron chi connectivity index (χ3n) is 4.46. The summed E-state index contributed by atoms with van der Waals surface area (Å²) in [6.07, 6.45) is 1.66. The van der Waals surface area contributed by atoms with Crippen molar-refractivity contribution in [2.45, 2.75) is 6.61 Å². The third kappa shape index (κ3) is 5.26. The first-order valence-corrected chi connectivity index (χ1v) is 10.4. The maximum absolute atomic E-state index is 13.1. The van der Waals surface area contributed by atoms with Crippen molar-refractivity contribution < 1.29 is 13.9 Å². The van der Waals surface area contributed by atoms with Crippen molar-refractivity contribution in [3.8, 4) is 22.8 Å². The molecule has 0 unspecified atom stereocenters. The first-order chi connectivity index (χ1) is 15.2. The van der Waals surface area contributed by atoms with Crippen molar-refractivity contribution in [1.82, 2.24) is 4.98 Å². The van der Waals surface area contributed by atoms with Gasteiger partial charge in [-0.05, 0) is 29.8 Å². The van der Waals surface area contributed by atoms with E-state index in [0.717, 1.165) is 22.4 Å². The molecule has 0 aliphatic rings. The van der Waals surface area contributed by atoms with Crippen molar-refractivity contribution in [2.24, 2.45) is 5.10 Å². The smallest absolute Gasteiger partial charge is 0.203 e. The summed E-state index contributed by atoms with van der Waals surface area (Å²) < 4.78 is 24.5. The van der Waals surface area contributed by atoms with Gasteiger partial charge in [0.2, 0.25) is 5.13 Å². The molecule has 0 amide bonds. The van der Waals surface area contributed by atoms with Crippen molar-refractivity contribution in [3.05, 3.63) is 95.1 Å². The number of aromatic nitrogens is 1. The molecule has 0 saturated carbocycles. The van der Waals surface area contributed by atoms with Crippen LogP contribution in [0.5, 0.6) is 11.5 Å². The Morgan fingerprint density at radius 2 is 1.84 bits per heavy atom. The van der Waals surface area contributed by atoms with E-state index in [4.69, 9.17) is 9.47 Å². The maximum Gasteiger partial charge on any atom is 0.203 e. The Kier molecular flexibility index (Phi) is 6.54. The highest BCUT2D eigenvalue weighted by Crippen LogP contribution is 2.31. The predicted molar refractivity (Wildman–Crippen MR) is 122 cm³/mol. The topological polar surface area (TPSA) is 55.7 Å². The van der Waals surface area contributed by atoms with E-state index in [1.165, 1.54) is 23.5 Å². The number of methoxy groups -OCH3 is 1. The van der Waals surface area contributed by atoms with Crippen LogP contribution in [-0.2, 0) is 6.61 Å². The van der Waals surface area contributed by atoms with Gasteiger partial charge in [-0.25, -0.2) is 9.37 Å². The molecule has 1 heterocycles. The van der Waals surface area contributed by atoms with Gasteiger partial charge in [-0.1, -0.05) is 48.5 Å². The molecule has 7 heteroatoms. The highest BCUT2D eigenvalue weighted by molar-refractivity contribution is 7.14. The van der Waals surface area contributed by atoms with Crippen LogP contribution in [0.2, 0.25) is 0 Å². The third-order valence-corrected chi connectivity index (χ3v) is 5.21. The lowest BCUT2D eigenvalue weighted by atomic mass is 10.2. The lowest BCUT2D eigenvalue weighted by Crippen LogP contribution is -2.01. The molecule has 0 saturated heterocycles. The molecule has 4 aromatic rings. The molecule has 0 fully saturated rings. The standard InChI is InChI=1S/C24H20FN3O2S/c1-29-22-9-5-8-19(23(22)30-15-17-10-12-20(25)13-11-17)14-26-28-24-27-21(16-31-24)18-6-3-2-4-7-18/h2-14,16H,15H2,1H3,(H,27,28). The highest BCUT2D eigenvalue weighted by atomic mass is 32.1. The fourth-order valence-electron chi connectivity index (χ4n) is 2.91. The Hall–Kier alpha value is -3.71. The Balaban J connectivity index is 1.47. The van der Waals surface area contributed by atoms with Gasteiger partial charge >= 0.3 is 0 Å².